The summed E-state index contributed by atoms with van der Waals surface area (Å²) in [5.41, 5.74) is 7.23. The highest BCUT2D eigenvalue weighted by Crippen LogP contribution is 2.40. The number of likely N-dealkylation sites (tertiary alicyclic amines) is 1. The molecule has 5 rings (SSSR count). The minimum absolute atomic E-state index is 0.0250. The fourth-order valence-electron chi connectivity index (χ4n) is 5.45. The van der Waals surface area contributed by atoms with Crippen LogP contribution in [0.1, 0.15) is 49.7 Å². The van der Waals surface area contributed by atoms with Gasteiger partial charge in [-0.3, -0.25) is 0 Å². The fourth-order valence-corrected chi connectivity index (χ4v) is 5.97. The molecule has 3 aromatic heterocycles. The van der Waals surface area contributed by atoms with Gasteiger partial charge in [-0.15, -0.1) is 0 Å². The molecule has 3 N–H and O–H groups in total. The van der Waals surface area contributed by atoms with Crippen LogP contribution in [-0.4, -0.2) is 53.2 Å². The van der Waals surface area contributed by atoms with E-state index in [4.69, 9.17) is 5.14 Å². The van der Waals surface area contributed by atoms with Gasteiger partial charge >= 0.3 is 0 Å². The number of rotatable bonds is 6. The van der Waals surface area contributed by atoms with Gasteiger partial charge in [0.05, 0.1) is 11.4 Å². The Kier molecular flexibility index (Phi) is 6.00. The molecule has 0 atom stereocenters. The van der Waals surface area contributed by atoms with E-state index in [0.29, 0.717) is 18.4 Å². The van der Waals surface area contributed by atoms with Crippen LogP contribution >= 0.6 is 0 Å². The molecule has 0 amide bonds. The Morgan fingerprint density at radius 3 is 2.65 bits per heavy atom. The molecule has 4 aromatic rings. The number of aryl methyl sites for hydroxylation is 1. The van der Waals surface area contributed by atoms with Crippen molar-refractivity contribution in [3.8, 4) is 11.3 Å². The molecule has 0 spiro atoms. The van der Waals surface area contributed by atoms with Crippen LogP contribution in [0.5, 0.6) is 0 Å². The molecular formula is C26H33N5O2S. The standard InChI is InChI=1S/C26H33N5O2S/c1-17(2)24-21-15-19(18-8-11-31(12-9-18)13-14-34(27,32)33)6-7-23(21)29-25(24)22-16-30(3)26-20(22)5-4-10-28-26/h4-7,10,15-18,29H,8-9,11-14H2,1-3H3,(H2,27,32,33). The zero-order valence-electron chi connectivity index (χ0n) is 20.1. The van der Waals surface area contributed by atoms with E-state index in [1.54, 1.807) is 0 Å². The first kappa shape index (κ1) is 23.1. The number of pyridine rings is 1. The van der Waals surface area contributed by atoms with Crippen molar-refractivity contribution in [1.29, 1.82) is 0 Å². The summed E-state index contributed by atoms with van der Waals surface area (Å²) >= 11 is 0. The molecule has 0 unspecified atom stereocenters. The lowest BCUT2D eigenvalue weighted by Crippen LogP contribution is -2.37. The first-order valence-electron chi connectivity index (χ1n) is 12.0. The summed E-state index contributed by atoms with van der Waals surface area (Å²) in [7, 11) is -1.36. The van der Waals surface area contributed by atoms with E-state index in [-0.39, 0.29) is 5.75 Å². The number of benzene rings is 1. The first-order valence-corrected chi connectivity index (χ1v) is 13.7. The minimum atomic E-state index is -3.41. The Bertz CT molecular complexity index is 1440. The second-order valence-electron chi connectivity index (χ2n) is 9.88. The molecule has 1 fully saturated rings. The molecule has 1 saturated heterocycles. The van der Waals surface area contributed by atoms with Crippen LogP contribution in [0.3, 0.4) is 0 Å². The molecule has 0 radical (unpaired) electrons. The summed E-state index contributed by atoms with van der Waals surface area (Å²) in [6.07, 6.45) is 6.07. The zero-order valence-corrected chi connectivity index (χ0v) is 20.9. The Labute approximate surface area is 201 Å². The summed E-state index contributed by atoms with van der Waals surface area (Å²) in [5.74, 6) is 0.873. The zero-order chi connectivity index (χ0) is 24.0. The fraction of sp³-hybridized carbons (Fsp3) is 0.423. The third kappa shape index (κ3) is 4.37. The number of nitrogens with two attached hydrogens (primary N) is 1. The first-order chi connectivity index (χ1) is 16.2. The van der Waals surface area contributed by atoms with Gasteiger partial charge in [-0.2, -0.15) is 0 Å². The molecular weight excluding hydrogens is 446 g/mol. The average molecular weight is 480 g/mol. The molecule has 1 aliphatic rings. The quantitative estimate of drug-likeness (QED) is 0.431. The number of hydrogen-bond donors (Lipinski definition) is 2. The normalized spacial score (nSPS) is 16.3. The van der Waals surface area contributed by atoms with Gasteiger partial charge in [0.25, 0.3) is 0 Å². The Hall–Kier alpha value is -2.68. The monoisotopic (exact) mass is 479 g/mol. The number of aromatic nitrogens is 3. The number of aromatic amines is 1. The maximum Gasteiger partial charge on any atom is 0.210 e. The van der Waals surface area contributed by atoms with Crippen molar-refractivity contribution < 1.29 is 8.42 Å². The molecule has 0 bridgehead atoms. The van der Waals surface area contributed by atoms with Gasteiger partial charge in [0.1, 0.15) is 5.65 Å². The summed E-state index contributed by atoms with van der Waals surface area (Å²) < 4.78 is 24.7. The van der Waals surface area contributed by atoms with E-state index in [2.05, 4.69) is 63.7 Å². The van der Waals surface area contributed by atoms with Gasteiger partial charge in [-0.1, -0.05) is 19.9 Å². The van der Waals surface area contributed by atoms with Gasteiger partial charge in [0, 0.05) is 47.8 Å². The number of fused-ring (bicyclic) bond motifs is 2. The predicted molar refractivity (Wildman–Crippen MR) is 138 cm³/mol. The molecule has 0 saturated carbocycles. The van der Waals surface area contributed by atoms with Gasteiger partial charge < -0.3 is 14.5 Å². The maximum atomic E-state index is 11.3. The topological polar surface area (TPSA) is 97.0 Å². The molecule has 180 valence electrons. The lowest BCUT2D eigenvalue weighted by molar-refractivity contribution is 0.223. The SMILES string of the molecule is CC(C)c1c(-c2cn(C)c3ncccc23)[nH]c2ccc(C3CCN(CCS(N)(=O)=O)CC3)cc12. The molecule has 4 heterocycles. The second kappa shape index (κ2) is 8.83. The number of H-pyrrole nitrogens is 1. The smallest absolute Gasteiger partial charge is 0.210 e. The predicted octanol–water partition coefficient (Wildman–Crippen LogP) is 4.31. The molecule has 1 aromatic carbocycles. The Morgan fingerprint density at radius 1 is 1.18 bits per heavy atom. The highest BCUT2D eigenvalue weighted by Gasteiger charge is 2.24. The number of sulfonamides is 1. The Morgan fingerprint density at radius 2 is 1.94 bits per heavy atom. The van der Waals surface area contributed by atoms with Crippen LogP contribution in [-0.2, 0) is 17.1 Å². The Balaban J connectivity index is 1.47. The highest BCUT2D eigenvalue weighted by atomic mass is 32.2. The van der Waals surface area contributed by atoms with Gasteiger partial charge in [-0.25, -0.2) is 18.5 Å². The third-order valence-corrected chi connectivity index (χ3v) is 7.95. The van der Waals surface area contributed by atoms with Crippen molar-refractivity contribution in [3.05, 3.63) is 53.9 Å². The van der Waals surface area contributed by atoms with Crippen molar-refractivity contribution in [2.75, 3.05) is 25.4 Å². The minimum Gasteiger partial charge on any atom is -0.354 e. The molecule has 0 aliphatic carbocycles. The van der Waals surface area contributed by atoms with E-state index in [1.807, 2.05) is 19.3 Å². The maximum absolute atomic E-state index is 11.3. The highest BCUT2D eigenvalue weighted by molar-refractivity contribution is 7.89. The van der Waals surface area contributed by atoms with Crippen molar-refractivity contribution >= 4 is 32.0 Å². The summed E-state index contributed by atoms with van der Waals surface area (Å²) in [4.78, 5) is 10.5. The van der Waals surface area contributed by atoms with E-state index < -0.39 is 10.0 Å². The van der Waals surface area contributed by atoms with Crippen molar-refractivity contribution in [1.82, 2.24) is 19.4 Å². The molecule has 7 nitrogen and oxygen atoms in total. The van der Waals surface area contributed by atoms with E-state index in [1.165, 1.54) is 27.8 Å². The van der Waals surface area contributed by atoms with Crippen LogP contribution < -0.4 is 5.14 Å². The van der Waals surface area contributed by atoms with E-state index in [9.17, 15) is 8.42 Å². The number of nitrogens with zero attached hydrogens (tertiary/aromatic N) is 3. The van der Waals surface area contributed by atoms with Crippen molar-refractivity contribution in [2.24, 2.45) is 12.2 Å². The van der Waals surface area contributed by atoms with Crippen LogP contribution in [0, 0.1) is 0 Å². The number of primary sulfonamides is 1. The van der Waals surface area contributed by atoms with Crippen molar-refractivity contribution in [2.45, 2.75) is 38.5 Å². The largest absolute Gasteiger partial charge is 0.354 e. The van der Waals surface area contributed by atoms with Crippen molar-refractivity contribution in [3.63, 3.8) is 0 Å². The molecule has 8 heteroatoms. The third-order valence-electron chi connectivity index (χ3n) is 7.19. The number of piperidine rings is 1. The number of hydrogen-bond acceptors (Lipinski definition) is 4. The van der Waals surface area contributed by atoms with Crippen LogP contribution in [0.2, 0.25) is 0 Å². The van der Waals surface area contributed by atoms with Crippen LogP contribution in [0.25, 0.3) is 33.2 Å². The van der Waals surface area contributed by atoms with Gasteiger partial charge in [0.15, 0.2) is 0 Å². The van der Waals surface area contributed by atoms with Crippen LogP contribution in [0.4, 0.5) is 0 Å². The molecule has 1 aliphatic heterocycles. The second-order valence-corrected chi connectivity index (χ2v) is 11.6. The van der Waals surface area contributed by atoms with E-state index in [0.717, 1.165) is 42.5 Å². The molecule has 34 heavy (non-hydrogen) atoms. The average Bonchev–Trinajstić information content (AvgIpc) is 3.35. The summed E-state index contributed by atoms with van der Waals surface area (Å²) in [5, 5.41) is 7.63. The van der Waals surface area contributed by atoms with E-state index >= 15 is 0 Å². The summed E-state index contributed by atoms with van der Waals surface area (Å²) in [6.45, 7) is 6.83. The van der Waals surface area contributed by atoms with Crippen LogP contribution in [0.15, 0.2) is 42.7 Å². The lowest BCUT2D eigenvalue weighted by atomic mass is 9.87. The van der Waals surface area contributed by atoms with Gasteiger partial charge in [0.2, 0.25) is 10.0 Å². The number of nitrogens with one attached hydrogen (secondary N) is 1. The lowest BCUT2D eigenvalue weighted by Gasteiger charge is -2.32. The summed E-state index contributed by atoms with van der Waals surface area (Å²) in [6, 6.07) is 11.0. The van der Waals surface area contributed by atoms with Gasteiger partial charge in [-0.05, 0) is 73.2 Å².